The Morgan fingerprint density at radius 2 is 1.68 bits per heavy atom. The number of aryl methyl sites for hydroxylation is 1. The van der Waals surface area contributed by atoms with Gasteiger partial charge >= 0.3 is 5.97 Å². The Balaban J connectivity index is 2.62. The minimum Gasteiger partial charge on any atom is -0.465 e. The van der Waals surface area contributed by atoms with Gasteiger partial charge in [-0.3, -0.25) is 0 Å². The van der Waals surface area contributed by atoms with Crippen molar-refractivity contribution in [2.24, 2.45) is 0 Å². The summed E-state index contributed by atoms with van der Waals surface area (Å²) in [5.74, 6) is -0.354. The molecule has 100 valence electrons. The van der Waals surface area contributed by atoms with Crippen molar-refractivity contribution in [3.63, 3.8) is 0 Å². The molecule has 5 heteroatoms. The topological polar surface area (TPSA) is 31.2 Å². The second-order valence-electron chi connectivity index (χ2n) is 4.24. The fourth-order valence-electron chi connectivity index (χ4n) is 2.15. The molecule has 0 unspecified atom stereocenters. The largest absolute Gasteiger partial charge is 0.465 e. The summed E-state index contributed by atoms with van der Waals surface area (Å²) in [4.78, 5) is 11.7. The third kappa shape index (κ3) is 2.62. The zero-order chi connectivity index (χ0) is 14.2. The molecule has 0 N–H and O–H groups in total. The number of carbonyl (C=O) groups is 1. The molecule has 0 amide bonds. The van der Waals surface area contributed by atoms with Gasteiger partial charge in [0.2, 0.25) is 0 Å². The van der Waals surface area contributed by atoms with Gasteiger partial charge in [-0.1, -0.05) is 23.2 Å². The average molecular weight is 298 g/mol. The molecule has 0 fully saturated rings. The molecule has 0 atom stereocenters. The van der Waals surface area contributed by atoms with E-state index in [2.05, 4.69) is 0 Å². The smallest absolute Gasteiger partial charge is 0.339 e. The molecular formula is C14H13Cl2NO2. The van der Waals surface area contributed by atoms with Crippen LogP contribution in [-0.4, -0.2) is 17.6 Å². The van der Waals surface area contributed by atoms with Crippen molar-refractivity contribution in [2.75, 3.05) is 7.11 Å². The highest BCUT2D eigenvalue weighted by molar-refractivity contribution is 6.34. The number of hydrogen-bond acceptors (Lipinski definition) is 2. The highest BCUT2D eigenvalue weighted by atomic mass is 35.5. The Morgan fingerprint density at radius 1 is 1.11 bits per heavy atom. The summed E-state index contributed by atoms with van der Waals surface area (Å²) in [6, 6.07) is 7.06. The third-order valence-corrected chi connectivity index (χ3v) is 3.38. The number of rotatable bonds is 2. The van der Waals surface area contributed by atoms with Crippen LogP contribution in [0.1, 0.15) is 21.7 Å². The molecule has 0 aliphatic carbocycles. The van der Waals surface area contributed by atoms with Crippen LogP contribution >= 0.6 is 23.2 Å². The van der Waals surface area contributed by atoms with Crippen molar-refractivity contribution in [3.05, 3.63) is 51.3 Å². The molecule has 0 aliphatic rings. The fourth-order valence-corrected chi connectivity index (χ4v) is 2.66. The van der Waals surface area contributed by atoms with E-state index in [9.17, 15) is 4.79 Å². The Labute approximate surface area is 121 Å². The van der Waals surface area contributed by atoms with Crippen LogP contribution in [0.5, 0.6) is 0 Å². The van der Waals surface area contributed by atoms with E-state index in [4.69, 9.17) is 27.9 Å². The minimum atomic E-state index is -0.354. The molecule has 1 aromatic carbocycles. The van der Waals surface area contributed by atoms with E-state index in [1.165, 1.54) is 7.11 Å². The molecule has 0 bridgehead atoms. The number of esters is 1. The van der Waals surface area contributed by atoms with E-state index < -0.39 is 0 Å². The molecule has 0 saturated carbocycles. The predicted octanol–water partition coefficient (Wildman–Crippen LogP) is 4.19. The third-order valence-electron chi connectivity index (χ3n) is 2.94. The molecule has 0 saturated heterocycles. The number of benzene rings is 1. The molecule has 1 aromatic heterocycles. The summed E-state index contributed by atoms with van der Waals surface area (Å²) in [5.41, 5.74) is 3.07. The number of hydrogen-bond donors (Lipinski definition) is 0. The maximum Gasteiger partial charge on any atom is 0.339 e. The summed E-state index contributed by atoms with van der Waals surface area (Å²) in [6.07, 6.45) is 0. The van der Waals surface area contributed by atoms with Crippen molar-refractivity contribution < 1.29 is 9.53 Å². The lowest BCUT2D eigenvalue weighted by atomic mass is 10.2. The Bertz CT molecular complexity index is 627. The number of nitrogens with zero attached hydrogens (tertiary/aromatic N) is 1. The molecule has 0 spiro atoms. The molecule has 2 aromatic rings. The molecule has 3 nitrogen and oxygen atoms in total. The Kier molecular flexibility index (Phi) is 3.88. The summed E-state index contributed by atoms with van der Waals surface area (Å²) >= 11 is 12.0. The van der Waals surface area contributed by atoms with Gasteiger partial charge in [0.25, 0.3) is 0 Å². The normalized spacial score (nSPS) is 10.6. The van der Waals surface area contributed by atoms with Crippen molar-refractivity contribution in [1.82, 2.24) is 4.57 Å². The molecule has 19 heavy (non-hydrogen) atoms. The lowest BCUT2D eigenvalue weighted by Crippen LogP contribution is -2.04. The van der Waals surface area contributed by atoms with Crippen LogP contribution in [-0.2, 0) is 4.74 Å². The summed E-state index contributed by atoms with van der Waals surface area (Å²) < 4.78 is 6.69. The van der Waals surface area contributed by atoms with Crippen molar-refractivity contribution >= 4 is 29.2 Å². The monoisotopic (exact) mass is 297 g/mol. The van der Waals surface area contributed by atoms with Crippen molar-refractivity contribution in [1.29, 1.82) is 0 Å². The SMILES string of the molecule is COC(=O)c1cc(C)n(-c2cc(Cl)cc(Cl)c2)c1C. The molecule has 0 radical (unpaired) electrons. The quantitative estimate of drug-likeness (QED) is 0.778. The number of carbonyl (C=O) groups excluding carboxylic acids is 1. The van der Waals surface area contributed by atoms with Crippen molar-refractivity contribution in [3.8, 4) is 5.69 Å². The Morgan fingerprint density at radius 3 is 2.21 bits per heavy atom. The molecule has 0 aliphatic heterocycles. The first-order valence-corrected chi connectivity index (χ1v) is 6.43. The van der Waals surface area contributed by atoms with Gasteiger partial charge in [0.05, 0.1) is 12.7 Å². The zero-order valence-corrected chi connectivity index (χ0v) is 12.3. The highest BCUT2D eigenvalue weighted by Gasteiger charge is 2.17. The summed E-state index contributed by atoms with van der Waals surface area (Å²) in [5, 5.41) is 1.10. The maximum atomic E-state index is 11.7. The van der Waals surface area contributed by atoms with Gasteiger partial charge in [-0.05, 0) is 38.1 Å². The predicted molar refractivity (Wildman–Crippen MR) is 76.6 cm³/mol. The number of aromatic nitrogens is 1. The molecule has 2 rings (SSSR count). The van der Waals surface area contributed by atoms with Gasteiger partial charge in [-0.25, -0.2) is 4.79 Å². The van der Waals surface area contributed by atoms with Crippen LogP contribution in [0, 0.1) is 13.8 Å². The van der Waals surface area contributed by atoms with Crippen LogP contribution in [0.15, 0.2) is 24.3 Å². The highest BCUT2D eigenvalue weighted by Crippen LogP contribution is 2.26. The van der Waals surface area contributed by atoms with E-state index in [1.54, 1.807) is 24.3 Å². The Hall–Kier alpha value is -1.45. The van der Waals surface area contributed by atoms with Gasteiger partial charge in [0.15, 0.2) is 0 Å². The van der Waals surface area contributed by atoms with Crippen LogP contribution < -0.4 is 0 Å². The van der Waals surface area contributed by atoms with Crippen molar-refractivity contribution in [2.45, 2.75) is 13.8 Å². The van der Waals surface area contributed by atoms with Gasteiger partial charge in [0.1, 0.15) is 0 Å². The van der Waals surface area contributed by atoms with Crippen LogP contribution in [0.25, 0.3) is 5.69 Å². The lowest BCUT2D eigenvalue weighted by Gasteiger charge is -2.10. The van der Waals surface area contributed by atoms with Crippen LogP contribution in [0.4, 0.5) is 0 Å². The van der Waals surface area contributed by atoms with E-state index in [0.717, 1.165) is 17.1 Å². The minimum absolute atomic E-state index is 0.354. The number of ether oxygens (including phenoxy) is 1. The average Bonchev–Trinajstić information content (AvgIpc) is 2.62. The second kappa shape index (κ2) is 5.27. The van der Waals surface area contributed by atoms with Gasteiger partial charge in [0, 0.05) is 27.1 Å². The summed E-state index contributed by atoms with van der Waals surface area (Å²) in [6.45, 7) is 3.77. The molecular weight excluding hydrogens is 285 g/mol. The first-order chi connectivity index (χ1) is 8.93. The standard InChI is InChI=1S/C14H13Cl2NO2/c1-8-4-13(14(18)19-3)9(2)17(8)12-6-10(15)5-11(16)7-12/h4-7H,1-3H3. The van der Waals surface area contributed by atoms with Gasteiger partial charge in [-0.15, -0.1) is 0 Å². The fraction of sp³-hybridized carbons (Fsp3) is 0.214. The number of methoxy groups -OCH3 is 1. The summed E-state index contributed by atoms with van der Waals surface area (Å²) in [7, 11) is 1.37. The van der Waals surface area contributed by atoms with E-state index in [0.29, 0.717) is 15.6 Å². The van der Waals surface area contributed by atoms with E-state index >= 15 is 0 Å². The number of halogens is 2. The zero-order valence-electron chi connectivity index (χ0n) is 10.8. The van der Waals surface area contributed by atoms with Crippen LogP contribution in [0.3, 0.4) is 0 Å². The lowest BCUT2D eigenvalue weighted by molar-refractivity contribution is 0.0600. The van der Waals surface area contributed by atoms with E-state index in [1.807, 2.05) is 18.4 Å². The first-order valence-electron chi connectivity index (χ1n) is 5.67. The first kappa shape index (κ1) is 14.0. The maximum absolute atomic E-state index is 11.7. The van der Waals surface area contributed by atoms with Crippen LogP contribution in [0.2, 0.25) is 10.0 Å². The van der Waals surface area contributed by atoms with E-state index in [-0.39, 0.29) is 5.97 Å². The van der Waals surface area contributed by atoms with Gasteiger partial charge in [-0.2, -0.15) is 0 Å². The second-order valence-corrected chi connectivity index (χ2v) is 5.11. The molecule has 1 heterocycles. The van der Waals surface area contributed by atoms with Gasteiger partial charge < -0.3 is 9.30 Å².